The zero-order valence-corrected chi connectivity index (χ0v) is 15.9. The Balaban J connectivity index is 2.06. The summed E-state index contributed by atoms with van der Waals surface area (Å²) in [5, 5.41) is 11.5. The van der Waals surface area contributed by atoms with Gasteiger partial charge in [0, 0.05) is 36.6 Å². The Labute approximate surface area is 161 Å². The van der Waals surface area contributed by atoms with Gasteiger partial charge in [0.15, 0.2) is 0 Å². The summed E-state index contributed by atoms with van der Waals surface area (Å²) in [5.74, 6) is 0.249. The highest BCUT2D eigenvalue weighted by atomic mass is 16.2. The van der Waals surface area contributed by atoms with Crippen LogP contribution in [-0.4, -0.2) is 22.5 Å². The van der Waals surface area contributed by atoms with E-state index in [2.05, 4.69) is 25.1 Å². The highest BCUT2D eigenvalue weighted by molar-refractivity contribution is 6.00. The van der Waals surface area contributed by atoms with Gasteiger partial charge >= 0.3 is 0 Å². The summed E-state index contributed by atoms with van der Waals surface area (Å²) >= 11 is 0. The Morgan fingerprint density at radius 1 is 1.00 bits per heavy atom. The molecule has 0 spiro atoms. The van der Waals surface area contributed by atoms with Crippen molar-refractivity contribution in [3.8, 4) is 11.1 Å². The highest BCUT2D eigenvalue weighted by Crippen LogP contribution is 2.33. The van der Waals surface area contributed by atoms with Crippen LogP contribution < -0.4 is 0 Å². The second-order valence-electron chi connectivity index (χ2n) is 6.97. The molecule has 2 aromatic carbocycles. The molecule has 0 bridgehead atoms. The molecule has 0 aliphatic heterocycles. The number of ketones is 1. The number of aliphatic hydroxyl groups excluding tert-OH is 1. The van der Waals surface area contributed by atoms with E-state index in [4.69, 9.17) is 4.98 Å². The second kappa shape index (κ2) is 9.43. The molecule has 27 heavy (non-hydrogen) atoms. The minimum atomic E-state index is 0.109. The van der Waals surface area contributed by atoms with Crippen molar-refractivity contribution in [1.82, 2.24) is 4.98 Å². The molecule has 0 saturated carbocycles. The SMILES string of the molecule is CCCCCC(=O)Cc1ncc2c(CCO)cccc2c1-c1ccccc1. The van der Waals surface area contributed by atoms with Crippen LogP contribution in [0.15, 0.2) is 54.7 Å². The standard InChI is InChI=1S/C24H27NO2/c1-2-3-5-12-20(27)16-23-24(19-9-6-4-7-10-19)21-13-8-11-18(14-15-26)22(21)17-25-23/h4,6-11,13,17,26H,2-3,5,12,14-16H2,1H3. The van der Waals surface area contributed by atoms with Gasteiger partial charge in [0.25, 0.3) is 0 Å². The van der Waals surface area contributed by atoms with Crippen LogP contribution in [0.3, 0.4) is 0 Å². The van der Waals surface area contributed by atoms with Crippen LogP contribution in [0.2, 0.25) is 0 Å². The monoisotopic (exact) mass is 361 g/mol. The van der Waals surface area contributed by atoms with Gasteiger partial charge in [0.2, 0.25) is 0 Å². The van der Waals surface area contributed by atoms with Crippen LogP contribution in [0, 0.1) is 0 Å². The molecule has 3 aromatic rings. The maximum Gasteiger partial charge on any atom is 0.138 e. The third kappa shape index (κ3) is 4.61. The fraction of sp³-hybridized carbons (Fsp3) is 0.333. The Morgan fingerprint density at radius 2 is 1.81 bits per heavy atom. The zero-order chi connectivity index (χ0) is 19.1. The van der Waals surface area contributed by atoms with E-state index in [-0.39, 0.29) is 12.4 Å². The number of fused-ring (bicyclic) bond motifs is 1. The predicted octanol–water partition coefficient (Wildman–Crippen LogP) is 5.13. The first kappa shape index (κ1) is 19.2. The van der Waals surface area contributed by atoms with E-state index in [0.717, 1.165) is 52.4 Å². The molecule has 0 unspecified atom stereocenters. The molecule has 0 atom stereocenters. The lowest BCUT2D eigenvalue weighted by atomic mass is 9.92. The number of carbonyl (C=O) groups excluding carboxylic acids is 1. The van der Waals surface area contributed by atoms with Gasteiger partial charge in [-0.05, 0) is 29.4 Å². The third-order valence-electron chi connectivity index (χ3n) is 4.97. The van der Waals surface area contributed by atoms with Crippen LogP contribution >= 0.6 is 0 Å². The van der Waals surface area contributed by atoms with Crippen molar-refractivity contribution >= 4 is 16.6 Å². The first-order chi connectivity index (χ1) is 13.2. The number of rotatable bonds is 9. The number of nitrogens with zero attached hydrogens (tertiary/aromatic N) is 1. The molecule has 0 amide bonds. The number of Topliss-reactive ketones (excluding diaryl/α,β-unsaturated/α-hetero) is 1. The van der Waals surface area contributed by atoms with E-state index in [0.29, 0.717) is 19.3 Å². The van der Waals surface area contributed by atoms with Crippen molar-refractivity contribution in [3.63, 3.8) is 0 Å². The Hall–Kier alpha value is -2.52. The summed E-state index contributed by atoms with van der Waals surface area (Å²) in [6, 6.07) is 16.3. The molecule has 0 saturated heterocycles. The lowest BCUT2D eigenvalue weighted by Crippen LogP contribution is -2.07. The summed E-state index contributed by atoms with van der Waals surface area (Å²) in [4.78, 5) is 17.2. The number of benzene rings is 2. The largest absolute Gasteiger partial charge is 0.396 e. The van der Waals surface area contributed by atoms with Crippen molar-refractivity contribution in [3.05, 3.63) is 66.0 Å². The van der Waals surface area contributed by atoms with Crippen LogP contribution in [0.5, 0.6) is 0 Å². The topological polar surface area (TPSA) is 50.2 Å². The molecule has 1 N–H and O–H groups in total. The Bertz CT molecular complexity index is 903. The minimum absolute atomic E-state index is 0.109. The number of aliphatic hydroxyl groups is 1. The Morgan fingerprint density at radius 3 is 2.56 bits per heavy atom. The minimum Gasteiger partial charge on any atom is -0.396 e. The summed E-state index contributed by atoms with van der Waals surface area (Å²) in [6.45, 7) is 2.25. The van der Waals surface area contributed by atoms with E-state index in [1.165, 1.54) is 0 Å². The average Bonchev–Trinajstić information content (AvgIpc) is 2.69. The van der Waals surface area contributed by atoms with Gasteiger partial charge in [-0.3, -0.25) is 9.78 Å². The lowest BCUT2D eigenvalue weighted by molar-refractivity contribution is -0.118. The van der Waals surface area contributed by atoms with Crippen molar-refractivity contribution in [2.24, 2.45) is 0 Å². The van der Waals surface area contributed by atoms with Crippen LogP contribution in [-0.2, 0) is 17.6 Å². The number of aromatic nitrogens is 1. The molecule has 1 heterocycles. The first-order valence-corrected chi connectivity index (χ1v) is 9.82. The number of unbranched alkanes of at least 4 members (excludes halogenated alkanes) is 2. The van der Waals surface area contributed by atoms with Crippen molar-refractivity contribution in [2.45, 2.75) is 45.4 Å². The van der Waals surface area contributed by atoms with E-state index >= 15 is 0 Å². The van der Waals surface area contributed by atoms with Crippen molar-refractivity contribution in [1.29, 1.82) is 0 Å². The average molecular weight is 361 g/mol. The Kier molecular flexibility index (Phi) is 6.72. The maximum atomic E-state index is 12.5. The van der Waals surface area contributed by atoms with Crippen LogP contribution in [0.1, 0.15) is 43.9 Å². The van der Waals surface area contributed by atoms with E-state index in [1.54, 1.807) is 0 Å². The molecule has 1 aromatic heterocycles. The quantitative estimate of drug-likeness (QED) is 0.538. The number of pyridine rings is 1. The van der Waals surface area contributed by atoms with Crippen LogP contribution in [0.25, 0.3) is 21.9 Å². The van der Waals surface area contributed by atoms with Gasteiger partial charge < -0.3 is 5.11 Å². The van der Waals surface area contributed by atoms with Gasteiger partial charge in [-0.25, -0.2) is 0 Å². The molecule has 140 valence electrons. The van der Waals surface area contributed by atoms with Crippen LogP contribution in [0.4, 0.5) is 0 Å². The molecule has 0 fully saturated rings. The van der Waals surface area contributed by atoms with Gasteiger partial charge in [-0.15, -0.1) is 0 Å². The molecule has 0 aliphatic carbocycles. The highest BCUT2D eigenvalue weighted by Gasteiger charge is 2.15. The molecular weight excluding hydrogens is 334 g/mol. The normalized spacial score (nSPS) is 11.0. The fourth-order valence-electron chi connectivity index (χ4n) is 3.59. The first-order valence-electron chi connectivity index (χ1n) is 9.82. The van der Waals surface area contributed by atoms with Crippen molar-refractivity contribution in [2.75, 3.05) is 6.61 Å². The smallest absolute Gasteiger partial charge is 0.138 e. The molecule has 3 nitrogen and oxygen atoms in total. The van der Waals surface area contributed by atoms with Gasteiger partial charge in [-0.2, -0.15) is 0 Å². The fourth-order valence-corrected chi connectivity index (χ4v) is 3.59. The molecule has 3 rings (SSSR count). The van der Waals surface area contributed by atoms with E-state index in [9.17, 15) is 9.90 Å². The predicted molar refractivity (Wildman–Crippen MR) is 111 cm³/mol. The van der Waals surface area contributed by atoms with Crippen molar-refractivity contribution < 1.29 is 9.90 Å². The van der Waals surface area contributed by atoms with E-state index < -0.39 is 0 Å². The molecule has 0 radical (unpaired) electrons. The maximum absolute atomic E-state index is 12.5. The summed E-state index contributed by atoms with van der Waals surface area (Å²) < 4.78 is 0. The van der Waals surface area contributed by atoms with Gasteiger partial charge in [-0.1, -0.05) is 68.3 Å². The summed E-state index contributed by atoms with van der Waals surface area (Å²) in [7, 11) is 0. The van der Waals surface area contributed by atoms with Gasteiger partial charge in [0.05, 0.1) is 5.69 Å². The number of carbonyl (C=O) groups is 1. The summed E-state index contributed by atoms with van der Waals surface area (Å²) in [6.07, 6.45) is 6.60. The number of hydrogen-bond acceptors (Lipinski definition) is 3. The molecule has 0 aliphatic rings. The third-order valence-corrected chi connectivity index (χ3v) is 4.97. The second-order valence-corrected chi connectivity index (χ2v) is 6.97. The zero-order valence-electron chi connectivity index (χ0n) is 15.9. The van der Waals surface area contributed by atoms with E-state index in [1.807, 2.05) is 36.5 Å². The summed E-state index contributed by atoms with van der Waals surface area (Å²) in [5.41, 5.74) is 4.04. The van der Waals surface area contributed by atoms with Gasteiger partial charge in [0.1, 0.15) is 5.78 Å². The molecular formula is C24H27NO2. The lowest BCUT2D eigenvalue weighted by Gasteiger charge is -2.14. The molecule has 3 heteroatoms. The number of hydrogen-bond donors (Lipinski definition) is 1.